The quantitative estimate of drug-likeness (QED) is 0.497. The molecule has 1 unspecified atom stereocenters. The standard InChI is InChI=1S/C9H10N4O5/c14-4-5(15)3-10-9-7(13(16)17)2-1-6-8(9)12-18-11-6/h1-2,5,10,14-15H,3-4H2. The Bertz CT molecular complexity index is 569. The second-order valence-corrected chi connectivity index (χ2v) is 3.57. The summed E-state index contributed by atoms with van der Waals surface area (Å²) in [5.41, 5.74) is 0.463. The average molecular weight is 254 g/mol. The summed E-state index contributed by atoms with van der Waals surface area (Å²) in [7, 11) is 0. The molecule has 2 aromatic rings. The van der Waals surface area contributed by atoms with Crippen molar-refractivity contribution in [2.24, 2.45) is 0 Å². The van der Waals surface area contributed by atoms with E-state index >= 15 is 0 Å². The van der Waals surface area contributed by atoms with Gasteiger partial charge in [0.05, 0.1) is 17.6 Å². The maximum atomic E-state index is 10.9. The van der Waals surface area contributed by atoms with Crippen molar-refractivity contribution in [1.29, 1.82) is 0 Å². The molecule has 0 aliphatic rings. The minimum Gasteiger partial charge on any atom is -0.394 e. The van der Waals surface area contributed by atoms with E-state index in [1.54, 1.807) is 0 Å². The molecule has 1 atom stereocenters. The normalized spacial score (nSPS) is 12.6. The van der Waals surface area contributed by atoms with Crippen molar-refractivity contribution >= 4 is 22.4 Å². The summed E-state index contributed by atoms with van der Waals surface area (Å²) in [5.74, 6) is 0. The molecule has 0 radical (unpaired) electrons. The predicted molar refractivity (Wildman–Crippen MR) is 60.0 cm³/mol. The molecule has 2 rings (SSSR count). The lowest BCUT2D eigenvalue weighted by atomic mass is 10.2. The van der Waals surface area contributed by atoms with E-state index in [2.05, 4.69) is 20.3 Å². The number of nitrogens with one attached hydrogen (secondary N) is 1. The lowest BCUT2D eigenvalue weighted by molar-refractivity contribution is -0.383. The second kappa shape index (κ2) is 4.94. The molecule has 0 fully saturated rings. The zero-order chi connectivity index (χ0) is 13.1. The van der Waals surface area contributed by atoms with Crippen molar-refractivity contribution in [3.05, 3.63) is 22.2 Å². The van der Waals surface area contributed by atoms with Crippen LogP contribution in [0.15, 0.2) is 16.8 Å². The van der Waals surface area contributed by atoms with Gasteiger partial charge in [-0.25, -0.2) is 4.63 Å². The fourth-order valence-corrected chi connectivity index (χ4v) is 1.45. The molecule has 0 aliphatic carbocycles. The summed E-state index contributed by atoms with van der Waals surface area (Å²) in [6, 6.07) is 2.68. The molecule has 96 valence electrons. The number of nitro benzene ring substituents is 1. The van der Waals surface area contributed by atoms with Gasteiger partial charge < -0.3 is 15.5 Å². The number of nitro groups is 1. The van der Waals surface area contributed by atoms with Gasteiger partial charge in [0.1, 0.15) is 11.2 Å². The molecule has 0 saturated heterocycles. The van der Waals surface area contributed by atoms with Crippen LogP contribution in [0.4, 0.5) is 11.4 Å². The fourth-order valence-electron chi connectivity index (χ4n) is 1.45. The van der Waals surface area contributed by atoms with Gasteiger partial charge in [0, 0.05) is 12.6 Å². The molecule has 9 nitrogen and oxygen atoms in total. The van der Waals surface area contributed by atoms with Crippen LogP contribution in [0.5, 0.6) is 0 Å². The van der Waals surface area contributed by atoms with Gasteiger partial charge in [0.15, 0.2) is 5.52 Å². The molecule has 1 aromatic carbocycles. The number of nitrogens with zero attached hydrogens (tertiary/aromatic N) is 3. The lowest BCUT2D eigenvalue weighted by Gasteiger charge is -2.10. The van der Waals surface area contributed by atoms with Gasteiger partial charge in [-0.3, -0.25) is 10.1 Å². The summed E-state index contributed by atoms with van der Waals surface area (Å²) < 4.78 is 4.50. The smallest absolute Gasteiger partial charge is 0.294 e. The third kappa shape index (κ3) is 2.21. The first kappa shape index (κ1) is 12.2. The molecule has 0 amide bonds. The van der Waals surface area contributed by atoms with E-state index in [4.69, 9.17) is 5.11 Å². The highest BCUT2D eigenvalue weighted by molar-refractivity contribution is 5.92. The SMILES string of the molecule is O=[N+]([O-])c1ccc2nonc2c1NCC(O)CO. The van der Waals surface area contributed by atoms with E-state index in [1.165, 1.54) is 12.1 Å². The molecule has 0 spiro atoms. The van der Waals surface area contributed by atoms with E-state index < -0.39 is 17.6 Å². The fraction of sp³-hybridized carbons (Fsp3) is 0.333. The molecule has 0 bridgehead atoms. The van der Waals surface area contributed by atoms with Crippen LogP contribution in [0.2, 0.25) is 0 Å². The highest BCUT2D eigenvalue weighted by Gasteiger charge is 2.20. The van der Waals surface area contributed by atoms with E-state index in [1.807, 2.05) is 0 Å². The van der Waals surface area contributed by atoms with Gasteiger partial charge in [-0.05, 0) is 16.4 Å². The van der Waals surface area contributed by atoms with Gasteiger partial charge in [-0.2, -0.15) is 0 Å². The van der Waals surface area contributed by atoms with Gasteiger partial charge >= 0.3 is 0 Å². The number of fused-ring (bicyclic) bond motifs is 1. The topological polar surface area (TPSA) is 135 Å². The Morgan fingerprint density at radius 3 is 2.94 bits per heavy atom. The number of hydrogen-bond donors (Lipinski definition) is 3. The Balaban J connectivity index is 2.40. The maximum Gasteiger partial charge on any atom is 0.294 e. The van der Waals surface area contributed by atoms with Crippen molar-refractivity contribution in [2.75, 3.05) is 18.5 Å². The van der Waals surface area contributed by atoms with Gasteiger partial charge in [0.25, 0.3) is 5.69 Å². The molecule has 1 aromatic heterocycles. The van der Waals surface area contributed by atoms with E-state index in [9.17, 15) is 15.2 Å². The molecule has 9 heteroatoms. The van der Waals surface area contributed by atoms with Crippen molar-refractivity contribution in [2.45, 2.75) is 6.10 Å². The van der Waals surface area contributed by atoms with Crippen molar-refractivity contribution in [3.8, 4) is 0 Å². The third-order valence-electron chi connectivity index (χ3n) is 2.33. The van der Waals surface area contributed by atoms with Crippen LogP contribution in [0, 0.1) is 10.1 Å². The summed E-state index contributed by atoms with van der Waals surface area (Å²) >= 11 is 0. The first-order valence-corrected chi connectivity index (χ1v) is 5.06. The summed E-state index contributed by atoms with van der Waals surface area (Å²) in [4.78, 5) is 10.3. The summed E-state index contributed by atoms with van der Waals surface area (Å²) in [6.07, 6.45) is -1.03. The van der Waals surface area contributed by atoms with Crippen LogP contribution in [-0.2, 0) is 0 Å². The van der Waals surface area contributed by atoms with Crippen molar-refractivity contribution in [3.63, 3.8) is 0 Å². The highest BCUT2D eigenvalue weighted by atomic mass is 16.6. The first-order chi connectivity index (χ1) is 8.63. The minimum absolute atomic E-state index is 0.0523. The Morgan fingerprint density at radius 1 is 1.50 bits per heavy atom. The van der Waals surface area contributed by atoms with E-state index in [0.717, 1.165) is 0 Å². The van der Waals surface area contributed by atoms with Crippen molar-refractivity contribution in [1.82, 2.24) is 10.3 Å². The predicted octanol–water partition coefficient (Wildman–Crippen LogP) is -0.104. The Morgan fingerprint density at radius 2 is 2.28 bits per heavy atom. The van der Waals surface area contributed by atoms with Crippen LogP contribution in [0.3, 0.4) is 0 Å². The van der Waals surface area contributed by atoms with Crippen LogP contribution >= 0.6 is 0 Å². The number of rotatable bonds is 5. The lowest BCUT2D eigenvalue weighted by Crippen LogP contribution is -2.23. The van der Waals surface area contributed by atoms with Crippen LogP contribution < -0.4 is 5.32 Å². The van der Waals surface area contributed by atoms with Crippen molar-refractivity contribution < 1.29 is 19.8 Å². The number of aliphatic hydroxyl groups is 2. The molecule has 0 saturated carbocycles. The van der Waals surface area contributed by atoms with Crippen LogP contribution in [-0.4, -0.2) is 44.7 Å². The Hall–Kier alpha value is -2.26. The zero-order valence-electron chi connectivity index (χ0n) is 9.11. The van der Waals surface area contributed by atoms with Crippen LogP contribution in [0.25, 0.3) is 11.0 Å². The number of anilines is 1. The Labute approximate surface area is 100 Å². The van der Waals surface area contributed by atoms with E-state index in [-0.39, 0.29) is 23.4 Å². The van der Waals surface area contributed by atoms with Crippen LogP contribution in [0.1, 0.15) is 0 Å². The number of hydrogen-bond acceptors (Lipinski definition) is 8. The van der Waals surface area contributed by atoms with Gasteiger partial charge in [-0.1, -0.05) is 0 Å². The molecular formula is C9H10N4O5. The zero-order valence-corrected chi connectivity index (χ0v) is 9.11. The molecular weight excluding hydrogens is 244 g/mol. The molecule has 1 heterocycles. The second-order valence-electron chi connectivity index (χ2n) is 3.57. The molecule has 18 heavy (non-hydrogen) atoms. The first-order valence-electron chi connectivity index (χ1n) is 5.06. The van der Waals surface area contributed by atoms with Gasteiger partial charge in [-0.15, -0.1) is 0 Å². The maximum absolute atomic E-state index is 10.9. The Kier molecular flexibility index (Phi) is 3.35. The largest absolute Gasteiger partial charge is 0.394 e. The molecule has 0 aliphatic heterocycles. The van der Waals surface area contributed by atoms with E-state index in [0.29, 0.717) is 5.52 Å². The summed E-state index contributed by atoms with van der Waals surface area (Å²) in [5, 5.41) is 38.6. The summed E-state index contributed by atoms with van der Waals surface area (Å²) in [6.45, 7) is -0.503. The monoisotopic (exact) mass is 254 g/mol. The number of benzene rings is 1. The molecule has 3 N–H and O–H groups in total. The average Bonchev–Trinajstić information content (AvgIpc) is 2.83. The highest BCUT2D eigenvalue weighted by Crippen LogP contribution is 2.30. The van der Waals surface area contributed by atoms with Gasteiger partial charge in [0.2, 0.25) is 0 Å². The number of aromatic nitrogens is 2. The minimum atomic E-state index is -1.03. The third-order valence-corrected chi connectivity index (χ3v) is 2.33. The number of aliphatic hydroxyl groups excluding tert-OH is 2.